The van der Waals surface area contributed by atoms with Gasteiger partial charge in [0, 0.05) is 22.4 Å². The zero-order valence-electron chi connectivity index (χ0n) is 12.3. The fourth-order valence-electron chi connectivity index (χ4n) is 2.40. The van der Waals surface area contributed by atoms with Crippen molar-refractivity contribution in [2.24, 2.45) is 0 Å². The van der Waals surface area contributed by atoms with Crippen molar-refractivity contribution in [2.75, 3.05) is 0 Å². The predicted molar refractivity (Wildman–Crippen MR) is 93.6 cm³/mol. The van der Waals surface area contributed by atoms with Crippen LogP contribution in [-0.4, -0.2) is 9.97 Å². The second-order valence-corrected chi connectivity index (χ2v) is 5.90. The first kappa shape index (κ1) is 15.9. The van der Waals surface area contributed by atoms with Crippen molar-refractivity contribution < 1.29 is 0 Å². The van der Waals surface area contributed by atoms with Crippen molar-refractivity contribution in [3.8, 4) is 0 Å². The monoisotopic (exact) mass is 343 g/mol. The summed E-state index contributed by atoms with van der Waals surface area (Å²) < 4.78 is 0. The van der Waals surface area contributed by atoms with Crippen LogP contribution in [0.5, 0.6) is 0 Å². The molecule has 0 amide bonds. The predicted octanol–water partition coefficient (Wildman–Crippen LogP) is 4.66. The molecule has 116 valence electrons. The number of rotatable bonds is 5. The molecule has 0 aliphatic heterocycles. The maximum atomic E-state index is 6.39. The third kappa shape index (κ3) is 4.08. The Morgan fingerprint density at radius 2 is 1.65 bits per heavy atom. The van der Waals surface area contributed by atoms with E-state index in [0.717, 1.165) is 17.0 Å². The van der Waals surface area contributed by atoms with Crippen LogP contribution in [0.1, 0.15) is 23.0 Å². The van der Waals surface area contributed by atoms with E-state index in [4.69, 9.17) is 23.2 Å². The van der Waals surface area contributed by atoms with Gasteiger partial charge in [-0.1, -0.05) is 53.5 Å². The van der Waals surface area contributed by atoms with Gasteiger partial charge in [0.15, 0.2) is 0 Å². The van der Waals surface area contributed by atoms with E-state index in [2.05, 4.69) is 27.4 Å². The van der Waals surface area contributed by atoms with Crippen LogP contribution >= 0.6 is 23.2 Å². The van der Waals surface area contributed by atoms with Crippen LogP contribution in [-0.2, 0) is 6.54 Å². The lowest BCUT2D eigenvalue weighted by Gasteiger charge is -2.21. The summed E-state index contributed by atoms with van der Waals surface area (Å²) in [6, 6.07) is 17.3. The van der Waals surface area contributed by atoms with Gasteiger partial charge in [-0.3, -0.25) is 5.32 Å². The lowest BCUT2D eigenvalue weighted by atomic mass is 9.98. The van der Waals surface area contributed by atoms with E-state index in [1.165, 1.54) is 0 Å². The Hall–Kier alpha value is -1.94. The molecule has 5 heteroatoms. The fourth-order valence-corrected chi connectivity index (χ4v) is 2.81. The normalized spacial score (nSPS) is 12.1. The molecule has 1 N–H and O–H groups in total. The van der Waals surface area contributed by atoms with Crippen LogP contribution in [0.4, 0.5) is 0 Å². The Morgan fingerprint density at radius 3 is 2.39 bits per heavy atom. The lowest BCUT2D eigenvalue weighted by molar-refractivity contribution is 0.586. The first-order valence-electron chi connectivity index (χ1n) is 7.23. The average molecular weight is 344 g/mol. The number of hydrogen-bond donors (Lipinski definition) is 1. The maximum Gasteiger partial charge on any atom is 0.141 e. The van der Waals surface area contributed by atoms with E-state index in [-0.39, 0.29) is 6.04 Å². The number of nitrogens with one attached hydrogen (secondary N) is 1. The molecule has 3 aromatic rings. The molecule has 3 rings (SSSR count). The van der Waals surface area contributed by atoms with Gasteiger partial charge >= 0.3 is 0 Å². The zero-order valence-corrected chi connectivity index (χ0v) is 13.8. The molecule has 3 nitrogen and oxygen atoms in total. The minimum absolute atomic E-state index is 0.0915. The van der Waals surface area contributed by atoms with Crippen LogP contribution in [0, 0.1) is 0 Å². The number of aromatic nitrogens is 2. The second-order valence-electron chi connectivity index (χ2n) is 5.06. The van der Waals surface area contributed by atoms with Crippen LogP contribution in [0.15, 0.2) is 67.0 Å². The maximum absolute atomic E-state index is 6.39. The van der Waals surface area contributed by atoms with Gasteiger partial charge in [0.05, 0.1) is 12.6 Å². The Balaban J connectivity index is 1.92. The number of hydrogen-bond acceptors (Lipinski definition) is 3. The summed E-state index contributed by atoms with van der Waals surface area (Å²) in [5.41, 5.74) is 2.04. The van der Waals surface area contributed by atoms with Crippen LogP contribution in [0.2, 0.25) is 10.0 Å². The Bertz CT molecular complexity index is 764. The summed E-state index contributed by atoms with van der Waals surface area (Å²) >= 11 is 12.5. The molecule has 0 saturated carbocycles. The molecule has 0 aliphatic rings. The van der Waals surface area contributed by atoms with Gasteiger partial charge in [-0.15, -0.1) is 0 Å². The van der Waals surface area contributed by atoms with Gasteiger partial charge in [0.2, 0.25) is 0 Å². The largest absolute Gasteiger partial charge is 0.299 e. The molecule has 1 aromatic heterocycles. The van der Waals surface area contributed by atoms with Gasteiger partial charge in [-0.25, -0.2) is 9.97 Å². The van der Waals surface area contributed by atoms with Gasteiger partial charge < -0.3 is 0 Å². The molecule has 1 heterocycles. The molecular formula is C18H15Cl2N3. The average Bonchev–Trinajstić information content (AvgIpc) is 2.60. The summed E-state index contributed by atoms with van der Waals surface area (Å²) in [6.07, 6.45) is 3.46. The molecule has 0 radical (unpaired) electrons. The second kappa shape index (κ2) is 7.55. The van der Waals surface area contributed by atoms with Crippen molar-refractivity contribution in [3.05, 3.63) is 94.0 Å². The highest BCUT2D eigenvalue weighted by molar-refractivity contribution is 6.33. The molecule has 2 aromatic carbocycles. The summed E-state index contributed by atoms with van der Waals surface area (Å²) in [6.45, 7) is 0.531. The first-order valence-corrected chi connectivity index (χ1v) is 7.99. The molecule has 0 aliphatic carbocycles. The highest BCUT2D eigenvalue weighted by atomic mass is 35.5. The highest BCUT2D eigenvalue weighted by Gasteiger charge is 2.17. The van der Waals surface area contributed by atoms with Crippen LogP contribution < -0.4 is 5.32 Å². The molecular weight excluding hydrogens is 329 g/mol. The van der Waals surface area contributed by atoms with E-state index < -0.39 is 0 Å². The molecule has 0 unspecified atom stereocenters. The van der Waals surface area contributed by atoms with E-state index >= 15 is 0 Å². The van der Waals surface area contributed by atoms with Crippen LogP contribution in [0.3, 0.4) is 0 Å². The van der Waals surface area contributed by atoms with Gasteiger partial charge in [0.1, 0.15) is 5.82 Å². The lowest BCUT2D eigenvalue weighted by Crippen LogP contribution is -2.23. The standard InChI is InChI=1S/C18H15Cl2N3/c19-14-7-8-16(20)15(11-14)18(13-5-2-1-3-6-13)23-12-17-21-9-4-10-22-17/h1-11,18,23H,12H2/t18-/m0/s1. The molecule has 0 bridgehead atoms. The molecule has 1 atom stereocenters. The van der Waals surface area contributed by atoms with Crippen molar-refractivity contribution in [1.29, 1.82) is 0 Å². The molecule has 0 saturated heterocycles. The van der Waals surface area contributed by atoms with Crippen LogP contribution in [0.25, 0.3) is 0 Å². The van der Waals surface area contributed by atoms with E-state index in [0.29, 0.717) is 16.6 Å². The number of halogens is 2. The quantitative estimate of drug-likeness (QED) is 0.731. The van der Waals surface area contributed by atoms with Crippen molar-refractivity contribution >= 4 is 23.2 Å². The Kier molecular flexibility index (Phi) is 5.23. The van der Waals surface area contributed by atoms with Gasteiger partial charge in [-0.2, -0.15) is 0 Å². The first-order chi connectivity index (χ1) is 11.2. The third-order valence-electron chi connectivity index (χ3n) is 3.49. The van der Waals surface area contributed by atoms with Gasteiger partial charge in [0.25, 0.3) is 0 Å². The van der Waals surface area contributed by atoms with Gasteiger partial charge in [-0.05, 0) is 35.4 Å². The molecule has 23 heavy (non-hydrogen) atoms. The zero-order chi connectivity index (χ0) is 16.1. The molecule has 0 fully saturated rings. The topological polar surface area (TPSA) is 37.8 Å². The minimum Gasteiger partial charge on any atom is -0.299 e. The van der Waals surface area contributed by atoms with Crippen molar-refractivity contribution in [1.82, 2.24) is 15.3 Å². The van der Waals surface area contributed by atoms with E-state index in [1.54, 1.807) is 24.5 Å². The minimum atomic E-state index is -0.0915. The smallest absolute Gasteiger partial charge is 0.141 e. The summed E-state index contributed by atoms with van der Waals surface area (Å²) in [5.74, 6) is 0.728. The Morgan fingerprint density at radius 1 is 0.913 bits per heavy atom. The fraction of sp³-hybridized carbons (Fsp3) is 0.111. The molecule has 0 spiro atoms. The van der Waals surface area contributed by atoms with Crippen molar-refractivity contribution in [2.45, 2.75) is 12.6 Å². The van der Waals surface area contributed by atoms with E-state index in [1.807, 2.05) is 30.3 Å². The summed E-state index contributed by atoms with van der Waals surface area (Å²) in [4.78, 5) is 8.49. The van der Waals surface area contributed by atoms with E-state index in [9.17, 15) is 0 Å². The highest BCUT2D eigenvalue weighted by Crippen LogP contribution is 2.30. The third-order valence-corrected chi connectivity index (χ3v) is 4.06. The van der Waals surface area contributed by atoms with Crippen molar-refractivity contribution in [3.63, 3.8) is 0 Å². The number of nitrogens with zero attached hydrogens (tertiary/aromatic N) is 2. The Labute approximate surface area is 145 Å². The number of benzene rings is 2. The summed E-state index contributed by atoms with van der Waals surface area (Å²) in [7, 11) is 0. The summed E-state index contributed by atoms with van der Waals surface area (Å²) in [5, 5.41) is 4.80. The SMILES string of the molecule is Clc1ccc(Cl)c([C@@H](NCc2ncccn2)c2ccccc2)c1.